The van der Waals surface area contributed by atoms with Crippen molar-refractivity contribution in [2.45, 2.75) is 0 Å². The van der Waals surface area contributed by atoms with Crippen LogP contribution >= 0.6 is 92.8 Å². The molecular formula is C32H12Br4Cl3INaO8Ru. The Hall–Kier alpha value is 0.0234. The van der Waals surface area contributed by atoms with Gasteiger partial charge in [0.15, 0.2) is 0 Å². The summed E-state index contributed by atoms with van der Waals surface area (Å²) in [5.41, 5.74) is -1.91. The fraction of sp³-hybridized carbons (Fsp3) is 0. The molecule has 0 atom stereocenters. The second kappa shape index (κ2) is 17.2. The summed E-state index contributed by atoms with van der Waals surface area (Å²) in [6.45, 7) is 0. The molecular weight excluding hydrogens is 1190 g/mol. The minimum atomic E-state index is -5.94. The van der Waals surface area contributed by atoms with Gasteiger partial charge in [-0.15, -0.1) is 0 Å². The van der Waals surface area contributed by atoms with E-state index in [1.807, 2.05) is 0 Å². The predicted octanol–water partition coefficient (Wildman–Crippen LogP) is -0.196. The van der Waals surface area contributed by atoms with Gasteiger partial charge in [-0.1, -0.05) is 88.0 Å². The van der Waals surface area contributed by atoms with E-state index in [4.69, 9.17) is 42.8 Å². The molecule has 50 heavy (non-hydrogen) atoms. The first-order valence-corrected chi connectivity index (χ1v) is 26.4. The normalized spacial score (nSPS) is 11.6. The van der Waals surface area contributed by atoms with Crippen LogP contribution < -0.4 is 85.1 Å². The van der Waals surface area contributed by atoms with Gasteiger partial charge in [0, 0.05) is 50.6 Å². The van der Waals surface area contributed by atoms with Crippen molar-refractivity contribution in [2.24, 2.45) is 0 Å². The van der Waals surface area contributed by atoms with Crippen molar-refractivity contribution in [1.82, 2.24) is 0 Å². The topological polar surface area (TPSA) is 161 Å². The Bertz CT molecular complexity index is 2370. The molecule has 0 bridgehead atoms. The summed E-state index contributed by atoms with van der Waals surface area (Å²) in [5.74, 6) is 0. The van der Waals surface area contributed by atoms with Crippen LogP contribution in [0.2, 0.25) is 0 Å². The maximum atomic E-state index is 12.3. The minimum absolute atomic E-state index is 0. The van der Waals surface area contributed by atoms with Gasteiger partial charge >= 0.3 is 71.6 Å². The largest absolute Gasteiger partial charge is 1.00 e. The molecule has 0 heterocycles. The van der Waals surface area contributed by atoms with Crippen LogP contribution in [0.1, 0.15) is 0 Å². The Kier molecular flexibility index (Phi) is 14.7. The smallest absolute Gasteiger partial charge is 0.286 e. The van der Waals surface area contributed by atoms with E-state index < -0.39 is 54.8 Å². The summed E-state index contributed by atoms with van der Waals surface area (Å²) >= 11 is 5.89. The van der Waals surface area contributed by atoms with Crippen molar-refractivity contribution in [3.8, 4) is 11.1 Å². The molecule has 8 nitrogen and oxygen atoms in total. The zero-order chi connectivity index (χ0) is 36.1. The molecule has 8 rings (SSSR count). The summed E-state index contributed by atoms with van der Waals surface area (Å²) in [7, 11) is 14.8. The first-order chi connectivity index (χ1) is 22.8. The molecule has 253 valence electrons. The molecule has 6 aromatic rings. The summed E-state index contributed by atoms with van der Waals surface area (Å²) in [5, 5.41) is 8.52. The van der Waals surface area contributed by atoms with Gasteiger partial charge in [0.25, 0.3) is 0 Å². The number of hydrogen-bond donors (Lipinski definition) is 0. The fourth-order valence-electron chi connectivity index (χ4n) is 5.72. The van der Waals surface area contributed by atoms with Crippen LogP contribution in [-0.2, 0) is 13.0 Å². The third-order valence-electron chi connectivity index (χ3n) is 7.31. The Morgan fingerprint density at radius 3 is 0.840 bits per heavy atom. The second-order valence-corrected chi connectivity index (χ2v) is 23.9. The predicted molar refractivity (Wildman–Crippen MR) is 195 cm³/mol. The monoisotopic (exact) mass is 1200 g/mol. The first-order valence-electron chi connectivity index (χ1n) is 13.0. The average Bonchev–Trinajstić information content (AvgIpc) is 2.99. The zero-order valence-corrected chi connectivity index (χ0v) is 39.1. The van der Waals surface area contributed by atoms with Gasteiger partial charge in [-0.3, -0.25) is 32.9 Å². The van der Waals surface area contributed by atoms with Gasteiger partial charge in [0.1, 0.15) is 20.1 Å². The molecule has 0 aromatic heterocycles. The van der Waals surface area contributed by atoms with Crippen molar-refractivity contribution < 1.29 is 76.4 Å². The van der Waals surface area contributed by atoms with E-state index in [2.05, 4.69) is 112 Å². The van der Waals surface area contributed by atoms with E-state index in [0.29, 0.717) is 20.1 Å². The van der Waals surface area contributed by atoms with Crippen LogP contribution in [0.25, 0.3) is 65.0 Å². The van der Waals surface area contributed by atoms with Crippen molar-refractivity contribution in [2.75, 3.05) is 0 Å². The van der Waals surface area contributed by atoms with E-state index in [0.717, 1.165) is 8.95 Å². The molecule has 2 aliphatic rings. The molecule has 0 radical (unpaired) electrons. The molecule has 0 fully saturated rings. The van der Waals surface area contributed by atoms with Crippen molar-refractivity contribution in [3.05, 3.63) is 132 Å². The van der Waals surface area contributed by atoms with E-state index in [1.165, 1.54) is 56.6 Å². The third kappa shape index (κ3) is 9.45. The molecule has 0 saturated heterocycles. The van der Waals surface area contributed by atoms with Crippen LogP contribution in [0.5, 0.6) is 0 Å². The maximum Gasteiger partial charge on any atom is 1.00 e. The molecule has 2 aliphatic carbocycles. The second-order valence-electron chi connectivity index (χ2n) is 10.2. The third-order valence-corrected chi connectivity index (χ3v) is 9.14. The molecule has 0 unspecified atom stereocenters. The van der Waals surface area contributed by atoms with Gasteiger partial charge in [0.05, 0.1) is 0 Å². The van der Waals surface area contributed by atoms with Crippen LogP contribution in [0.4, 0.5) is 0 Å². The van der Waals surface area contributed by atoms with Gasteiger partial charge in [-0.05, 0) is 80.8 Å². The SMILES string of the molecule is Brc1cc2ccc3cc(Br)cc4ccc(c1)c2c34.O=c1c(=O)c2cc(Br)cc3c2-c2c1cc(Br)cc2c(=O)c3=O.[Cl][Ru]([Cl])[Cl].[Na+].[O-][I+3]([O-])([O-])[O-]. The first kappa shape index (κ1) is 42.8. The Morgan fingerprint density at radius 2 is 0.640 bits per heavy atom. The summed E-state index contributed by atoms with van der Waals surface area (Å²) in [6, 6.07) is 23.6. The van der Waals surface area contributed by atoms with Crippen molar-refractivity contribution in [1.29, 1.82) is 0 Å². The van der Waals surface area contributed by atoms with E-state index in [9.17, 15) is 19.2 Å². The molecule has 0 aliphatic heterocycles. The van der Waals surface area contributed by atoms with E-state index in [1.54, 1.807) is 0 Å². The van der Waals surface area contributed by atoms with E-state index in [-0.39, 0.29) is 51.1 Å². The molecule has 0 N–H and O–H groups in total. The minimum Gasteiger partial charge on any atom is -0.286 e. The molecule has 18 heteroatoms. The maximum absolute atomic E-state index is 12.3. The van der Waals surface area contributed by atoms with Crippen molar-refractivity contribution in [3.63, 3.8) is 0 Å². The number of rotatable bonds is 0. The van der Waals surface area contributed by atoms with Crippen LogP contribution in [0, 0.1) is 0 Å². The molecule has 0 amide bonds. The molecule has 6 aromatic carbocycles. The fourth-order valence-corrected chi connectivity index (χ4v) is 7.62. The Morgan fingerprint density at radius 1 is 0.460 bits per heavy atom. The van der Waals surface area contributed by atoms with Crippen LogP contribution in [0.15, 0.2) is 110 Å². The Labute approximate surface area is 360 Å². The van der Waals surface area contributed by atoms with Crippen molar-refractivity contribution >= 4 is 147 Å². The summed E-state index contributed by atoms with van der Waals surface area (Å²) < 4.78 is 37.7. The average molecular weight is 1200 g/mol. The number of hydrogen-bond acceptors (Lipinski definition) is 8. The molecule has 0 saturated carbocycles. The van der Waals surface area contributed by atoms with E-state index >= 15 is 0 Å². The van der Waals surface area contributed by atoms with Crippen LogP contribution in [0.3, 0.4) is 0 Å². The Balaban J connectivity index is 0.000000181. The number of halogens is 8. The number of benzene rings is 8. The van der Waals surface area contributed by atoms with Crippen LogP contribution in [-0.4, -0.2) is 0 Å². The van der Waals surface area contributed by atoms with Gasteiger partial charge < -0.3 is 0 Å². The summed E-state index contributed by atoms with van der Waals surface area (Å²) in [6.07, 6.45) is 0. The van der Waals surface area contributed by atoms with Gasteiger partial charge in [0.2, 0.25) is 21.7 Å². The quantitative estimate of drug-likeness (QED) is 0.0875. The summed E-state index contributed by atoms with van der Waals surface area (Å²) in [4.78, 5) is 49.3. The van der Waals surface area contributed by atoms with Gasteiger partial charge in [-0.25, -0.2) is 0 Å². The molecule has 0 spiro atoms. The zero-order valence-electron chi connectivity index (χ0n) is 24.6. The standard InChI is InChI=1S/C16H4Br2O4.C16H8Br2.3ClH.IO4.Na.Ru/c17-5-1-7-11-8(2-5)15(21)16(22)10-4-6(18)3-9(12(10)11)14(20)13(7)19;17-13-5-9-1-2-10-6-14(18)8-12-4-3-11(7-13)15(9)16(10)12;;;;2-1(3,4)5;;/h1-4H;1-8H;3*1H;;;/q;;;;;-1;+1;+3/p-3. The van der Waals surface area contributed by atoms with Gasteiger partial charge in [-0.2, -0.15) is 0 Å².